The SMILES string of the molecule is CC(N)C(=O)CCC(=O)NCCOP(=O)(O)O. The summed E-state index contributed by atoms with van der Waals surface area (Å²) in [7, 11) is -4.49. The molecule has 0 fully saturated rings. The van der Waals surface area contributed by atoms with Crippen molar-refractivity contribution in [3.8, 4) is 0 Å². The number of nitrogens with one attached hydrogen (secondary N) is 1. The molecule has 1 unspecified atom stereocenters. The lowest BCUT2D eigenvalue weighted by atomic mass is 10.1. The second kappa shape index (κ2) is 7.52. The number of ketones is 1. The van der Waals surface area contributed by atoms with Crippen molar-refractivity contribution < 1.29 is 28.5 Å². The van der Waals surface area contributed by atoms with Crippen molar-refractivity contribution in [1.82, 2.24) is 5.32 Å². The molecule has 0 aromatic carbocycles. The van der Waals surface area contributed by atoms with Gasteiger partial charge >= 0.3 is 7.82 Å². The Hall–Kier alpha value is -0.790. The van der Waals surface area contributed by atoms with Gasteiger partial charge < -0.3 is 20.8 Å². The molecule has 8 nitrogen and oxygen atoms in total. The fourth-order valence-electron chi connectivity index (χ4n) is 0.908. The monoisotopic (exact) mass is 268 g/mol. The number of carbonyl (C=O) groups is 2. The van der Waals surface area contributed by atoms with Gasteiger partial charge in [0.25, 0.3) is 0 Å². The van der Waals surface area contributed by atoms with Crippen LogP contribution in [-0.4, -0.2) is 40.7 Å². The van der Waals surface area contributed by atoms with Gasteiger partial charge in [0.1, 0.15) is 5.78 Å². The van der Waals surface area contributed by atoms with E-state index in [-0.39, 0.29) is 31.8 Å². The van der Waals surface area contributed by atoms with Crippen molar-refractivity contribution >= 4 is 19.5 Å². The van der Waals surface area contributed by atoms with Gasteiger partial charge in [-0.15, -0.1) is 0 Å². The molecule has 9 heteroatoms. The van der Waals surface area contributed by atoms with Crippen LogP contribution >= 0.6 is 7.82 Å². The summed E-state index contributed by atoms with van der Waals surface area (Å²) in [5, 5.41) is 2.35. The van der Waals surface area contributed by atoms with Crippen molar-refractivity contribution in [3.63, 3.8) is 0 Å². The van der Waals surface area contributed by atoms with Crippen LogP contribution in [0.4, 0.5) is 0 Å². The summed E-state index contributed by atoms with van der Waals surface area (Å²) < 4.78 is 14.4. The lowest BCUT2D eigenvalue weighted by Gasteiger charge is -2.07. The first-order valence-electron chi connectivity index (χ1n) is 4.97. The highest BCUT2D eigenvalue weighted by atomic mass is 31.2. The average Bonchev–Trinajstić information content (AvgIpc) is 2.19. The van der Waals surface area contributed by atoms with Crippen molar-refractivity contribution in [1.29, 1.82) is 0 Å². The average molecular weight is 268 g/mol. The molecule has 0 saturated carbocycles. The fourth-order valence-corrected chi connectivity index (χ4v) is 1.24. The number of phosphoric acid groups is 1. The van der Waals surface area contributed by atoms with Crippen LogP contribution in [0.2, 0.25) is 0 Å². The molecule has 5 N–H and O–H groups in total. The minimum Gasteiger partial charge on any atom is -0.354 e. The van der Waals surface area contributed by atoms with E-state index in [2.05, 4.69) is 9.84 Å². The van der Waals surface area contributed by atoms with E-state index in [4.69, 9.17) is 15.5 Å². The Morgan fingerprint density at radius 1 is 1.41 bits per heavy atom. The second-order valence-corrected chi connectivity index (χ2v) is 4.67. The molecule has 0 bridgehead atoms. The van der Waals surface area contributed by atoms with Crippen LogP contribution in [0.15, 0.2) is 0 Å². The number of carbonyl (C=O) groups excluding carboxylic acids is 2. The summed E-state index contributed by atoms with van der Waals surface area (Å²) in [6, 6.07) is -0.596. The van der Waals surface area contributed by atoms with E-state index in [1.807, 2.05) is 0 Å². The van der Waals surface area contributed by atoms with E-state index in [0.29, 0.717) is 0 Å². The number of hydrogen-bond donors (Lipinski definition) is 4. The maximum atomic E-state index is 11.1. The minimum atomic E-state index is -4.49. The highest BCUT2D eigenvalue weighted by Crippen LogP contribution is 2.34. The molecule has 0 heterocycles. The molecule has 0 aromatic rings. The Balaban J connectivity index is 3.61. The molecule has 17 heavy (non-hydrogen) atoms. The van der Waals surface area contributed by atoms with Crippen molar-refractivity contribution in [3.05, 3.63) is 0 Å². The Morgan fingerprint density at radius 2 is 2.00 bits per heavy atom. The van der Waals surface area contributed by atoms with Gasteiger partial charge in [-0.1, -0.05) is 0 Å². The molecule has 0 radical (unpaired) electrons. The summed E-state index contributed by atoms with van der Waals surface area (Å²) >= 11 is 0. The van der Waals surface area contributed by atoms with Crippen molar-refractivity contribution in [2.45, 2.75) is 25.8 Å². The maximum Gasteiger partial charge on any atom is 0.469 e. The Labute approximate surface area is 98.8 Å². The zero-order chi connectivity index (χ0) is 13.5. The highest BCUT2D eigenvalue weighted by Gasteiger charge is 2.13. The van der Waals surface area contributed by atoms with E-state index in [9.17, 15) is 14.2 Å². The number of rotatable bonds is 8. The van der Waals surface area contributed by atoms with Crippen LogP contribution in [0, 0.1) is 0 Å². The van der Waals surface area contributed by atoms with Gasteiger partial charge in [-0.05, 0) is 6.92 Å². The van der Waals surface area contributed by atoms with Crippen LogP contribution in [0.25, 0.3) is 0 Å². The molecule has 0 aliphatic rings. The normalized spacial score (nSPS) is 13.2. The van der Waals surface area contributed by atoms with Crippen molar-refractivity contribution in [2.75, 3.05) is 13.2 Å². The summed E-state index contributed by atoms with van der Waals surface area (Å²) in [5.41, 5.74) is 5.30. The Bertz CT molecular complexity index is 313. The van der Waals surface area contributed by atoms with E-state index in [1.165, 1.54) is 6.92 Å². The predicted molar refractivity (Wildman–Crippen MR) is 58.9 cm³/mol. The highest BCUT2D eigenvalue weighted by molar-refractivity contribution is 7.46. The topological polar surface area (TPSA) is 139 Å². The van der Waals surface area contributed by atoms with Crippen LogP contribution in [0.5, 0.6) is 0 Å². The molecule has 1 amide bonds. The lowest BCUT2D eigenvalue weighted by molar-refractivity contribution is -0.125. The van der Waals surface area contributed by atoms with Crippen LogP contribution < -0.4 is 11.1 Å². The zero-order valence-electron chi connectivity index (χ0n) is 9.46. The van der Waals surface area contributed by atoms with Crippen LogP contribution in [0.1, 0.15) is 19.8 Å². The third kappa shape index (κ3) is 10.1. The van der Waals surface area contributed by atoms with Crippen LogP contribution in [-0.2, 0) is 18.7 Å². The number of hydrogen-bond acceptors (Lipinski definition) is 5. The molecule has 100 valence electrons. The van der Waals surface area contributed by atoms with Gasteiger partial charge in [0.15, 0.2) is 0 Å². The van der Waals surface area contributed by atoms with E-state index in [0.717, 1.165) is 0 Å². The zero-order valence-corrected chi connectivity index (χ0v) is 10.4. The largest absolute Gasteiger partial charge is 0.469 e. The van der Waals surface area contributed by atoms with Gasteiger partial charge in [0, 0.05) is 19.4 Å². The number of phosphoric ester groups is 1. The van der Waals surface area contributed by atoms with E-state index in [1.54, 1.807) is 0 Å². The summed E-state index contributed by atoms with van der Waals surface area (Å²) in [4.78, 5) is 38.9. The molecule has 0 rings (SSSR count). The first-order valence-corrected chi connectivity index (χ1v) is 6.50. The molecule has 0 aliphatic carbocycles. The number of nitrogens with two attached hydrogens (primary N) is 1. The van der Waals surface area contributed by atoms with E-state index >= 15 is 0 Å². The van der Waals surface area contributed by atoms with E-state index < -0.39 is 19.8 Å². The minimum absolute atomic E-state index is 0.00369. The van der Waals surface area contributed by atoms with Gasteiger partial charge in [-0.2, -0.15) is 0 Å². The van der Waals surface area contributed by atoms with Gasteiger partial charge in [0.2, 0.25) is 5.91 Å². The molecule has 0 spiro atoms. The van der Waals surface area contributed by atoms with Gasteiger partial charge in [0.05, 0.1) is 12.6 Å². The third-order valence-electron chi connectivity index (χ3n) is 1.79. The fraction of sp³-hybridized carbons (Fsp3) is 0.750. The maximum absolute atomic E-state index is 11.1. The summed E-state index contributed by atoms with van der Waals surface area (Å²) in [6.45, 7) is 1.21. The third-order valence-corrected chi connectivity index (χ3v) is 2.31. The van der Waals surface area contributed by atoms with Gasteiger partial charge in [-0.3, -0.25) is 14.1 Å². The molecule has 0 aliphatic heterocycles. The predicted octanol–water partition coefficient (Wildman–Crippen LogP) is -1.09. The first-order chi connectivity index (χ1) is 7.72. The number of Topliss-reactive ketones (excluding diaryl/α,β-unsaturated/α-hetero) is 1. The Kier molecular flexibility index (Phi) is 7.17. The Morgan fingerprint density at radius 3 is 2.47 bits per heavy atom. The van der Waals surface area contributed by atoms with Gasteiger partial charge in [-0.25, -0.2) is 4.57 Å². The second-order valence-electron chi connectivity index (χ2n) is 3.43. The first kappa shape index (κ1) is 16.2. The quantitative estimate of drug-likeness (QED) is 0.324. The molecule has 1 atom stereocenters. The summed E-state index contributed by atoms with van der Waals surface area (Å²) in [6.07, 6.45) is 0.0408. The number of amides is 1. The molecule has 0 saturated heterocycles. The molecule has 0 aromatic heterocycles. The lowest BCUT2D eigenvalue weighted by Crippen LogP contribution is -2.30. The molecular formula is C8H17N2O6P. The smallest absolute Gasteiger partial charge is 0.354 e. The standard InChI is InChI=1S/C8H17N2O6P/c1-6(9)7(11)2-3-8(12)10-4-5-16-17(13,14)15/h6H,2-5,9H2,1H3,(H,10,12)(H2,13,14,15). The van der Waals surface area contributed by atoms with Crippen LogP contribution in [0.3, 0.4) is 0 Å². The molecular weight excluding hydrogens is 251 g/mol. The summed E-state index contributed by atoms with van der Waals surface area (Å²) in [5.74, 6) is -0.611. The van der Waals surface area contributed by atoms with Crippen molar-refractivity contribution in [2.24, 2.45) is 5.73 Å².